The van der Waals surface area contributed by atoms with Crippen LogP contribution in [0.4, 0.5) is 17.6 Å². The first kappa shape index (κ1) is 14.3. The summed E-state index contributed by atoms with van der Waals surface area (Å²) in [5.41, 5.74) is 6.94. The largest absolute Gasteiger partial charge is 0.391 e. The molecule has 2 rings (SSSR count). The second-order valence-electron chi connectivity index (χ2n) is 5.43. The van der Waals surface area contributed by atoms with E-state index in [2.05, 4.69) is 0 Å². The van der Waals surface area contributed by atoms with Crippen LogP contribution in [-0.4, -0.2) is 6.18 Å². The fourth-order valence-corrected chi connectivity index (χ4v) is 2.92. The standard InChI is InChI=1S/C14H17F4N/c1-9-8-11(15)2-3-12(9)13(19)6-4-10(5-7-13)14(16,17)18/h2-3,8,10H,4-7,19H2,1H3. The van der Waals surface area contributed by atoms with Crippen LogP contribution in [0.25, 0.3) is 0 Å². The van der Waals surface area contributed by atoms with Crippen molar-refractivity contribution >= 4 is 0 Å². The molecule has 1 aliphatic carbocycles. The molecular weight excluding hydrogens is 258 g/mol. The van der Waals surface area contributed by atoms with Crippen LogP contribution >= 0.6 is 0 Å². The van der Waals surface area contributed by atoms with Crippen molar-refractivity contribution < 1.29 is 17.6 Å². The molecule has 1 aromatic rings. The molecule has 0 amide bonds. The number of alkyl halides is 3. The Morgan fingerprint density at radius 2 is 1.79 bits per heavy atom. The number of aryl methyl sites for hydroxylation is 1. The zero-order valence-electron chi connectivity index (χ0n) is 10.7. The topological polar surface area (TPSA) is 26.0 Å². The van der Waals surface area contributed by atoms with Crippen molar-refractivity contribution in [2.24, 2.45) is 11.7 Å². The smallest absolute Gasteiger partial charge is 0.321 e. The molecule has 0 unspecified atom stereocenters. The van der Waals surface area contributed by atoms with Gasteiger partial charge in [-0.2, -0.15) is 13.2 Å². The summed E-state index contributed by atoms with van der Waals surface area (Å²) in [5.74, 6) is -1.61. The van der Waals surface area contributed by atoms with Crippen molar-refractivity contribution in [2.45, 2.75) is 44.3 Å². The molecule has 2 N–H and O–H groups in total. The first-order valence-electron chi connectivity index (χ1n) is 6.34. The molecule has 0 spiro atoms. The summed E-state index contributed by atoms with van der Waals surface area (Å²) in [7, 11) is 0. The Balaban J connectivity index is 2.18. The van der Waals surface area contributed by atoms with Crippen molar-refractivity contribution in [3.63, 3.8) is 0 Å². The lowest BCUT2D eigenvalue weighted by molar-refractivity contribution is -0.184. The molecule has 1 nitrogen and oxygen atoms in total. The molecule has 1 aliphatic rings. The molecule has 0 heterocycles. The van der Waals surface area contributed by atoms with Gasteiger partial charge in [0.15, 0.2) is 0 Å². The molecule has 5 heteroatoms. The van der Waals surface area contributed by atoms with Crippen LogP contribution in [0.3, 0.4) is 0 Å². The Hall–Kier alpha value is -1.10. The van der Waals surface area contributed by atoms with Crippen molar-refractivity contribution in [3.05, 3.63) is 35.1 Å². The van der Waals surface area contributed by atoms with Gasteiger partial charge in [-0.05, 0) is 55.9 Å². The maximum Gasteiger partial charge on any atom is 0.391 e. The van der Waals surface area contributed by atoms with Gasteiger partial charge in [-0.25, -0.2) is 4.39 Å². The molecule has 1 aromatic carbocycles. The summed E-state index contributed by atoms with van der Waals surface area (Å²) in [6.45, 7) is 1.74. The minimum Gasteiger partial charge on any atom is -0.321 e. The number of rotatable bonds is 1. The fraction of sp³-hybridized carbons (Fsp3) is 0.571. The number of benzene rings is 1. The van der Waals surface area contributed by atoms with E-state index < -0.39 is 17.6 Å². The van der Waals surface area contributed by atoms with Gasteiger partial charge in [0.25, 0.3) is 0 Å². The van der Waals surface area contributed by atoms with Crippen molar-refractivity contribution in [2.75, 3.05) is 0 Å². The van der Waals surface area contributed by atoms with Gasteiger partial charge in [-0.15, -0.1) is 0 Å². The van der Waals surface area contributed by atoms with Gasteiger partial charge >= 0.3 is 6.18 Å². The minimum absolute atomic E-state index is 0.0385. The predicted molar refractivity (Wildman–Crippen MR) is 65.0 cm³/mol. The van der Waals surface area contributed by atoms with Gasteiger partial charge in [0.2, 0.25) is 0 Å². The van der Waals surface area contributed by atoms with E-state index in [1.165, 1.54) is 12.1 Å². The second-order valence-corrected chi connectivity index (χ2v) is 5.43. The molecule has 1 fully saturated rings. The monoisotopic (exact) mass is 275 g/mol. The van der Waals surface area contributed by atoms with Crippen LogP contribution < -0.4 is 5.73 Å². The Morgan fingerprint density at radius 3 is 2.26 bits per heavy atom. The molecule has 0 aliphatic heterocycles. The number of hydrogen-bond donors (Lipinski definition) is 1. The average molecular weight is 275 g/mol. The van der Waals surface area contributed by atoms with Crippen molar-refractivity contribution in [3.8, 4) is 0 Å². The lowest BCUT2D eigenvalue weighted by Crippen LogP contribution is -2.43. The van der Waals surface area contributed by atoms with E-state index in [1.807, 2.05) is 0 Å². The van der Waals surface area contributed by atoms with Crippen LogP contribution in [0.2, 0.25) is 0 Å². The van der Waals surface area contributed by atoms with E-state index in [0.29, 0.717) is 5.56 Å². The highest BCUT2D eigenvalue weighted by Gasteiger charge is 2.45. The second kappa shape index (κ2) is 4.78. The summed E-state index contributed by atoms with van der Waals surface area (Å²) in [5, 5.41) is 0. The van der Waals surface area contributed by atoms with Crippen molar-refractivity contribution in [1.29, 1.82) is 0 Å². The predicted octanol–water partition coefficient (Wildman–Crippen LogP) is 4.04. The molecule has 0 bridgehead atoms. The van der Waals surface area contributed by atoms with Crippen LogP contribution in [-0.2, 0) is 5.54 Å². The van der Waals surface area contributed by atoms with Gasteiger partial charge in [0.1, 0.15) is 5.82 Å². The first-order valence-corrected chi connectivity index (χ1v) is 6.34. The van der Waals surface area contributed by atoms with Gasteiger partial charge in [-0.3, -0.25) is 0 Å². The molecule has 0 saturated heterocycles. The van der Waals surface area contributed by atoms with E-state index >= 15 is 0 Å². The van der Waals surface area contributed by atoms with E-state index in [9.17, 15) is 17.6 Å². The Bertz CT molecular complexity index is 459. The molecule has 19 heavy (non-hydrogen) atoms. The first-order chi connectivity index (χ1) is 8.72. The maximum absolute atomic E-state index is 13.1. The SMILES string of the molecule is Cc1cc(F)ccc1C1(N)CCC(C(F)(F)F)CC1. The van der Waals surface area contributed by atoms with Crippen LogP contribution in [0.1, 0.15) is 36.8 Å². The van der Waals surface area contributed by atoms with Crippen LogP contribution in [0.15, 0.2) is 18.2 Å². The highest BCUT2D eigenvalue weighted by atomic mass is 19.4. The Morgan fingerprint density at radius 1 is 1.21 bits per heavy atom. The summed E-state index contributed by atoms with van der Waals surface area (Å²) >= 11 is 0. The normalized spacial score (nSPS) is 28.4. The summed E-state index contributed by atoms with van der Waals surface area (Å²) in [4.78, 5) is 0. The number of hydrogen-bond acceptors (Lipinski definition) is 1. The third-order valence-electron chi connectivity index (χ3n) is 4.07. The zero-order valence-corrected chi connectivity index (χ0v) is 10.7. The van der Waals surface area contributed by atoms with Gasteiger partial charge in [0.05, 0.1) is 5.92 Å². The third-order valence-corrected chi connectivity index (χ3v) is 4.07. The molecule has 106 valence electrons. The summed E-state index contributed by atoms with van der Waals surface area (Å²) in [6, 6.07) is 4.28. The lowest BCUT2D eigenvalue weighted by atomic mass is 9.72. The van der Waals surface area contributed by atoms with Gasteiger partial charge < -0.3 is 5.73 Å². The average Bonchev–Trinajstić information content (AvgIpc) is 2.27. The highest BCUT2D eigenvalue weighted by Crippen LogP contribution is 2.44. The van der Waals surface area contributed by atoms with Crippen LogP contribution in [0, 0.1) is 18.7 Å². The van der Waals surface area contributed by atoms with Gasteiger partial charge in [-0.1, -0.05) is 6.07 Å². The maximum atomic E-state index is 13.1. The summed E-state index contributed by atoms with van der Waals surface area (Å²) < 4.78 is 51.0. The van der Waals surface area contributed by atoms with Crippen molar-refractivity contribution in [1.82, 2.24) is 0 Å². The van der Waals surface area contributed by atoms with E-state index in [-0.39, 0.29) is 31.5 Å². The molecule has 0 aromatic heterocycles. The summed E-state index contributed by atoms with van der Waals surface area (Å²) in [6.07, 6.45) is -3.50. The minimum atomic E-state index is -4.14. The van der Waals surface area contributed by atoms with E-state index in [1.54, 1.807) is 13.0 Å². The molecular formula is C14H17F4N. The number of halogens is 4. The zero-order chi connectivity index (χ0) is 14.3. The molecule has 0 atom stereocenters. The Labute approximate surface area is 109 Å². The van der Waals surface area contributed by atoms with Gasteiger partial charge in [0, 0.05) is 5.54 Å². The van der Waals surface area contributed by atoms with Crippen LogP contribution in [0.5, 0.6) is 0 Å². The lowest BCUT2D eigenvalue weighted by Gasteiger charge is -2.39. The molecule has 1 saturated carbocycles. The number of nitrogens with two attached hydrogens (primary N) is 1. The quantitative estimate of drug-likeness (QED) is 0.769. The third kappa shape index (κ3) is 2.91. The van der Waals surface area contributed by atoms with E-state index in [4.69, 9.17) is 5.73 Å². The molecule has 0 radical (unpaired) electrons. The highest BCUT2D eigenvalue weighted by molar-refractivity contribution is 5.33. The van der Waals surface area contributed by atoms with E-state index in [0.717, 1.165) is 5.56 Å². The Kier molecular flexibility index (Phi) is 3.60. The fourth-order valence-electron chi connectivity index (χ4n) is 2.92.